The van der Waals surface area contributed by atoms with Gasteiger partial charge >= 0.3 is 6.18 Å². The third kappa shape index (κ3) is 3.24. The molecule has 0 radical (unpaired) electrons. The topological polar surface area (TPSA) is 26.0 Å². The van der Waals surface area contributed by atoms with E-state index in [4.69, 9.17) is 5.73 Å². The summed E-state index contributed by atoms with van der Waals surface area (Å²) in [7, 11) is 0. The third-order valence-corrected chi connectivity index (χ3v) is 1.78. The molecule has 0 heterocycles. The van der Waals surface area contributed by atoms with Crippen molar-refractivity contribution in [2.75, 3.05) is 6.54 Å². The molecule has 1 nitrogen and oxygen atoms in total. The Morgan fingerprint density at radius 2 is 1.94 bits per heavy atom. The monoisotopic (exact) mass is 231 g/mol. The van der Waals surface area contributed by atoms with Crippen molar-refractivity contribution >= 4 is 0 Å². The molecule has 0 fully saturated rings. The maximum Gasteiger partial charge on any atom is 0.417 e. The Bertz CT molecular complexity index is 426. The van der Waals surface area contributed by atoms with Crippen LogP contribution < -0.4 is 5.73 Å². The van der Waals surface area contributed by atoms with E-state index >= 15 is 0 Å². The molecule has 2 N–H and O–H groups in total. The quantitative estimate of drug-likeness (QED) is 0.583. The van der Waals surface area contributed by atoms with Gasteiger partial charge in [-0.1, -0.05) is 11.8 Å². The minimum Gasteiger partial charge on any atom is -0.330 e. The average molecular weight is 231 g/mol. The fraction of sp³-hybridized carbons (Fsp3) is 0.273. The van der Waals surface area contributed by atoms with Gasteiger partial charge in [-0.2, -0.15) is 13.2 Å². The van der Waals surface area contributed by atoms with Gasteiger partial charge in [0, 0.05) is 18.5 Å². The van der Waals surface area contributed by atoms with E-state index in [1.165, 1.54) is 0 Å². The van der Waals surface area contributed by atoms with Crippen molar-refractivity contribution in [3.63, 3.8) is 0 Å². The highest BCUT2D eigenvalue weighted by Crippen LogP contribution is 2.32. The molecule has 1 aromatic rings. The molecule has 0 atom stereocenters. The minimum atomic E-state index is -4.60. The molecule has 0 aliphatic rings. The highest BCUT2D eigenvalue weighted by molar-refractivity contribution is 5.43. The molecule has 0 aliphatic heterocycles. The van der Waals surface area contributed by atoms with Crippen molar-refractivity contribution in [1.82, 2.24) is 0 Å². The van der Waals surface area contributed by atoms with E-state index in [0.717, 1.165) is 12.1 Å². The molecule has 16 heavy (non-hydrogen) atoms. The second kappa shape index (κ2) is 4.99. The van der Waals surface area contributed by atoms with E-state index in [2.05, 4.69) is 11.8 Å². The zero-order valence-electron chi connectivity index (χ0n) is 8.24. The Morgan fingerprint density at radius 1 is 1.25 bits per heavy atom. The molecule has 5 heteroatoms. The lowest BCUT2D eigenvalue weighted by atomic mass is 10.1. The van der Waals surface area contributed by atoms with Crippen LogP contribution in [0.3, 0.4) is 0 Å². The Morgan fingerprint density at radius 3 is 2.50 bits per heavy atom. The maximum absolute atomic E-state index is 12.7. The number of rotatable bonds is 1. The van der Waals surface area contributed by atoms with E-state index in [1.54, 1.807) is 0 Å². The van der Waals surface area contributed by atoms with E-state index in [9.17, 15) is 17.6 Å². The van der Waals surface area contributed by atoms with Crippen LogP contribution >= 0.6 is 0 Å². The maximum atomic E-state index is 12.7. The van der Waals surface area contributed by atoms with E-state index in [0.29, 0.717) is 12.5 Å². The van der Waals surface area contributed by atoms with Gasteiger partial charge in [0.2, 0.25) is 0 Å². The van der Waals surface area contributed by atoms with Crippen molar-refractivity contribution in [2.24, 2.45) is 5.73 Å². The largest absolute Gasteiger partial charge is 0.417 e. The Balaban J connectivity index is 3.15. The number of hydrogen-bond donors (Lipinski definition) is 1. The molecule has 86 valence electrons. The van der Waals surface area contributed by atoms with Crippen LogP contribution in [0.25, 0.3) is 0 Å². The second-order valence-electron chi connectivity index (χ2n) is 3.03. The number of alkyl halides is 3. The van der Waals surface area contributed by atoms with Gasteiger partial charge in [-0.15, -0.1) is 0 Å². The van der Waals surface area contributed by atoms with Gasteiger partial charge in [-0.3, -0.25) is 0 Å². The van der Waals surface area contributed by atoms with Gasteiger partial charge in [0.05, 0.1) is 5.56 Å². The summed E-state index contributed by atoms with van der Waals surface area (Å²) in [5.74, 6) is 3.88. The highest BCUT2D eigenvalue weighted by atomic mass is 19.4. The smallest absolute Gasteiger partial charge is 0.330 e. The molecule has 0 saturated heterocycles. The molecule has 0 amide bonds. The minimum absolute atomic E-state index is 0.234. The summed E-state index contributed by atoms with van der Waals surface area (Å²) in [5, 5.41) is 0. The van der Waals surface area contributed by atoms with Crippen molar-refractivity contribution < 1.29 is 17.6 Å². The molecule has 0 aromatic heterocycles. The predicted molar refractivity (Wildman–Crippen MR) is 52.0 cm³/mol. The zero-order valence-corrected chi connectivity index (χ0v) is 8.24. The summed E-state index contributed by atoms with van der Waals surface area (Å²) in [6.07, 6.45) is -4.30. The van der Waals surface area contributed by atoms with E-state index in [-0.39, 0.29) is 12.1 Å². The molecule has 0 spiro atoms. The third-order valence-electron chi connectivity index (χ3n) is 1.78. The molecule has 1 rings (SSSR count). The van der Waals surface area contributed by atoms with Gasteiger partial charge in [-0.25, -0.2) is 4.39 Å². The lowest BCUT2D eigenvalue weighted by Crippen LogP contribution is -2.08. The van der Waals surface area contributed by atoms with Gasteiger partial charge in [0.1, 0.15) is 5.82 Å². The molecule has 0 unspecified atom stereocenters. The SMILES string of the molecule is NCCC#Cc1ccc(F)cc1C(F)(F)F. The molecule has 0 saturated carbocycles. The van der Waals surface area contributed by atoms with Crippen molar-refractivity contribution in [3.8, 4) is 11.8 Å². The van der Waals surface area contributed by atoms with Crippen molar-refractivity contribution in [2.45, 2.75) is 12.6 Å². The van der Waals surface area contributed by atoms with E-state index in [1.807, 2.05) is 0 Å². The summed E-state index contributed by atoms with van der Waals surface area (Å²) in [6.45, 7) is 0.273. The van der Waals surface area contributed by atoms with Crippen LogP contribution in [-0.2, 0) is 6.18 Å². The van der Waals surface area contributed by atoms with Crippen LogP contribution in [0, 0.1) is 17.7 Å². The van der Waals surface area contributed by atoms with Crippen LogP contribution in [0.4, 0.5) is 17.6 Å². The number of benzene rings is 1. The van der Waals surface area contributed by atoms with Crippen LogP contribution in [0.1, 0.15) is 17.5 Å². The van der Waals surface area contributed by atoms with Crippen LogP contribution in [-0.4, -0.2) is 6.54 Å². The van der Waals surface area contributed by atoms with Gasteiger partial charge < -0.3 is 5.73 Å². The standard InChI is InChI=1S/C11H9F4N/c12-9-5-4-8(3-1-2-6-16)10(7-9)11(13,14)15/h4-5,7H,2,6,16H2. The summed E-state index contributed by atoms with van der Waals surface area (Å²) in [6, 6.07) is 2.40. The first-order valence-electron chi connectivity index (χ1n) is 4.51. The van der Waals surface area contributed by atoms with Gasteiger partial charge in [0.25, 0.3) is 0 Å². The van der Waals surface area contributed by atoms with Crippen LogP contribution in [0.5, 0.6) is 0 Å². The number of hydrogen-bond acceptors (Lipinski definition) is 1. The summed E-state index contributed by atoms with van der Waals surface area (Å²) >= 11 is 0. The molecular weight excluding hydrogens is 222 g/mol. The second-order valence-corrected chi connectivity index (χ2v) is 3.03. The Hall–Kier alpha value is -1.54. The normalized spacial score (nSPS) is 10.8. The van der Waals surface area contributed by atoms with Crippen LogP contribution in [0.15, 0.2) is 18.2 Å². The molecule has 0 aliphatic carbocycles. The van der Waals surface area contributed by atoms with Crippen molar-refractivity contribution in [3.05, 3.63) is 35.1 Å². The average Bonchev–Trinajstić information content (AvgIpc) is 2.19. The first kappa shape index (κ1) is 12.5. The van der Waals surface area contributed by atoms with Gasteiger partial charge in [0.15, 0.2) is 0 Å². The number of nitrogens with two attached hydrogens (primary N) is 1. The van der Waals surface area contributed by atoms with Gasteiger partial charge in [-0.05, 0) is 18.2 Å². The lowest BCUT2D eigenvalue weighted by molar-refractivity contribution is -0.137. The van der Waals surface area contributed by atoms with Crippen molar-refractivity contribution in [1.29, 1.82) is 0 Å². The summed E-state index contributed by atoms with van der Waals surface area (Å²) in [5.41, 5.74) is 3.86. The highest BCUT2D eigenvalue weighted by Gasteiger charge is 2.33. The fourth-order valence-electron chi connectivity index (χ4n) is 1.09. The van der Waals surface area contributed by atoms with Crippen LogP contribution in [0.2, 0.25) is 0 Å². The summed E-state index contributed by atoms with van der Waals surface area (Å²) < 4.78 is 50.1. The molecule has 0 bridgehead atoms. The predicted octanol–water partition coefficient (Wildman–Crippen LogP) is 2.54. The molecular formula is C11H9F4N. The first-order chi connectivity index (χ1) is 7.45. The Labute approximate surface area is 90.3 Å². The lowest BCUT2D eigenvalue weighted by Gasteiger charge is -2.08. The fourth-order valence-corrected chi connectivity index (χ4v) is 1.09. The zero-order chi connectivity index (χ0) is 12.2. The summed E-state index contributed by atoms with van der Waals surface area (Å²) in [4.78, 5) is 0. The molecule has 1 aromatic carbocycles. The number of halogens is 4. The van der Waals surface area contributed by atoms with E-state index < -0.39 is 17.6 Å². The first-order valence-corrected chi connectivity index (χ1v) is 4.51. The Kier molecular flexibility index (Phi) is 3.91.